The van der Waals surface area contributed by atoms with E-state index in [1.807, 2.05) is 9.58 Å². The summed E-state index contributed by atoms with van der Waals surface area (Å²) in [5.74, 6) is 0.759. The minimum Gasteiger partial charge on any atom is -0.339 e. The average Bonchev–Trinajstić information content (AvgIpc) is 3.19. The van der Waals surface area contributed by atoms with Crippen molar-refractivity contribution in [1.29, 1.82) is 0 Å². The predicted molar refractivity (Wildman–Crippen MR) is 88.9 cm³/mol. The summed E-state index contributed by atoms with van der Waals surface area (Å²) in [6.45, 7) is 2.04. The van der Waals surface area contributed by atoms with Gasteiger partial charge in [0.05, 0.1) is 6.04 Å². The molecule has 0 bridgehead atoms. The van der Waals surface area contributed by atoms with Gasteiger partial charge in [0.25, 0.3) is 0 Å². The number of piperidine rings is 1. The van der Waals surface area contributed by atoms with Crippen LogP contribution in [0.1, 0.15) is 44.0 Å². The highest BCUT2D eigenvalue weighted by molar-refractivity contribution is 5.76. The third-order valence-electron chi connectivity index (χ3n) is 5.13. The van der Waals surface area contributed by atoms with E-state index >= 15 is 0 Å². The van der Waals surface area contributed by atoms with Gasteiger partial charge in [-0.25, -0.2) is 19.1 Å². The summed E-state index contributed by atoms with van der Waals surface area (Å²) in [5.41, 5.74) is -0.157. The van der Waals surface area contributed by atoms with Crippen LogP contribution in [0.3, 0.4) is 0 Å². The third-order valence-corrected chi connectivity index (χ3v) is 5.13. The van der Waals surface area contributed by atoms with Crippen molar-refractivity contribution in [3.63, 3.8) is 0 Å². The van der Waals surface area contributed by atoms with E-state index < -0.39 is 0 Å². The molecule has 2 aromatic rings. The van der Waals surface area contributed by atoms with Crippen LogP contribution in [-0.2, 0) is 24.3 Å². The molecule has 1 amide bonds. The number of aryl methyl sites for hydroxylation is 1. The number of likely N-dealkylation sites (tertiary alicyclic amines) is 1. The van der Waals surface area contributed by atoms with Crippen LogP contribution in [-0.4, -0.2) is 53.0 Å². The van der Waals surface area contributed by atoms with Crippen LogP contribution in [0.2, 0.25) is 0 Å². The molecule has 2 aliphatic heterocycles. The second-order valence-corrected chi connectivity index (χ2v) is 6.83. The molecule has 9 nitrogen and oxygen atoms in total. The molecule has 1 saturated heterocycles. The summed E-state index contributed by atoms with van der Waals surface area (Å²) in [6, 6.07) is 0.149. The Morgan fingerprint density at radius 3 is 2.96 bits per heavy atom. The summed E-state index contributed by atoms with van der Waals surface area (Å²) in [7, 11) is 0. The Hall–Kier alpha value is -2.45. The minimum atomic E-state index is -0.157. The van der Waals surface area contributed by atoms with Gasteiger partial charge >= 0.3 is 5.69 Å². The first kappa shape index (κ1) is 16.0. The molecule has 0 spiro atoms. The second-order valence-electron chi connectivity index (χ2n) is 6.83. The van der Waals surface area contributed by atoms with E-state index in [1.54, 1.807) is 10.9 Å². The number of carbonyl (C=O) groups is 1. The zero-order valence-corrected chi connectivity index (χ0v) is 14.3. The predicted octanol–water partition coefficient (Wildman–Crippen LogP) is 0.226. The first-order valence-corrected chi connectivity index (χ1v) is 9.01. The van der Waals surface area contributed by atoms with Gasteiger partial charge in [-0.15, -0.1) is 0 Å². The maximum Gasteiger partial charge on any atom is 0.346 e. The summed E-state index contributed by atoms with van der Waals surface area (Å²) >= 11 is 0. The fourth-order valence-corrected chi connectivity index (χ4v) is 3.76. The molecule has 0 aromatic carbocycles. The van der Waals surface area contributed by atoms with Crippen LogP contribution >= 0.6 is 0 Å². The number of fused-ring (bicyclic) bond motifs is 1. The van der Waals surface area contributed by atoms with Crippen LogP contribution in [0, 0.1) is 0 Å². The van der Waals surface area contributed by atoms with Crippen LogP contribution in [0.4, 0.5) is 0 Å². The number of hydrogen-bond acceptors (Lipinski definition) is 5. The van der Waals surface area contributed by atoms with Crippen LogP contribution in [0.5, 0.6) is 0 Å². The summed E-state index contributed by atoms with van der Waals surface area (Å²) < 4.78 is 4.88. The van der Waals surface area contributed by atoms with Gasteiger partial charge < -0.3 is 4.90 Å². The maximum atomic E-state index is 12.7. The normalized spacial score (nSPS) is 21.0. The van der Waals surface area contributed by atoms with E-state index in [4.69, 9.17) is 0 Å². The van der Waals surface area contributed by atoms with Gasteiger partial charge in [-0.05, 0) is 25.7 Å². The Morgan fingerprint density at radius 2 is 2.12 bits per heavy atom. The van der Waals surface area contributed by atoms with Crippen molar-refractivity contribution in [2.75, 3.05) is 13.1 Å². The molecule has 0 N–H and O–H groups in total. The van der Waals surface area contributed by atoms with Crippen molar-refractivity contribution in [3.8, 4) is 0 Å². The molecule has 134 valence electrons. The van der Waals surface area contributed by atoms with Gasteiger partial charge in [0.1, 0.15) is 25.0 Å². The molecular formula is C16H23N7O2. The van der Waals surface area contributed by atoms with Crippen LogP contribution in [0.25, 0.3) is 0 Å². The van der Waals surface area contributed by atoms with E-state index in [2.05, 4.69) is 15.2 Å². The molecule has 0 radical (unpaired) electrons. The van der Waals surface area contributed by atoms with Crippen molar-refractivity contribution in [1.82, 2.24) is 34.0 Å². The van der Waals surface area contributed by atoms with Crippen molar-refractivity contribution in [3.05, 3.63) is 29.0 Å². The Kier molecular flexibility index (Phi) is 4.37. The lowest BCUT2D eigenvalue weighted by atomic mass is 10.1. The molecule has 2 aliphatic rings. The van der Waals surface area contributed by atoms with Gasteiger partial charge in [0.15, 0.2) is 0 Å². The van der Waals surface area contributed by atoms with Crippen molar-refractivity contribution >= 4 is 5.91 Å². The fourth-order valence-electron chi connectivity index (χ4n) is 3.76. The first-order valence-electron chi connectivity index (χ1n) is 9.01. The third kappa shape index (κ3) is 3.22. The number of rotatable bonds is 3. The van der Waals surface area contributed by atoms with Crippen molar-refractivity contribution in [2.24, 2.45) is 0 Å². The Morgan fingerprint density at radius 1 is 1.20 bits per heavy atom. The second kappa shape index (κ2) is 6.81. The lowest BCUT2D eigenvalue weighted by molar-refractivity contribution is -0.133. The SMILES string of the molecule is O=C(Cn1nc2n(c1=O)CCCCC2)N1CCCC(n2cncn2)C1. The quantitative estimate of drug-likeness (QED) is 0.794. The molecule has 9 heteroatoms. The fraction of sp³-hybridized carbons (Fsp3) is 0.688. The van der Waals surface area contributed by atoms with Gasteiger partial charge in [-0.2, -0.15) is 10.2 Å². The molecular weight excluding hydrogens is 322 g/mol. The van der Waals surface area contributed by atoms with E-state index in [0.717, 1.165) is 44.3 Å². The molecule has 25 heavy (non-hydrogen) atoms. The summed E-state index contributed by atoms with van der Waals surface area (Å²) in [4.78, 5) is 31.0. The Balaban J connectivity index is 1.46. The highest BCUT2D eigenvalue weighted by Crippen LogP contribution is 2.20. The van der Waals surface area contributed by atoms with Crippen molar-refractivity contribution in [2.45, 2.75) is 57.7 Å². The zero-order valence-electron chi connectivity index (χ0n) is 14.3. The monoisotopic (exact) mass is 345 g/mol. The molecule has 4 rings (SSSR count). The zero-order chi connectivity index (χ0) is 17.2. The summed E-state index contributed by atoms with van der Waals surface area (Å²) in [5, 5.41) is 8.59. The maximum absolute atomic E-state index is 12.7. The van der Waals surface area contributed by atoms with Crippen molar-refractivity contribution < 1.29 is 4.79 Å². The Labute approximate surface area is 145 Å². The van der Waals surface area contributed by atoms with Gasteiger partial charge in [0, 0.05) is 26.1 Å². The van der Waals surface area contributed by atoms with E-state index in [9.17, 15) is 9.59 Å². The standard InChI is InChI=1S/C16H23N7O2/c24-15(20-7-4-5-13(9-20)23-12-17-11-18-23)10-22-16(25)21-8-3-1-2-6-14(21)19-22/h11-13H,1-10H2. The number of nitrogens with zero attached hydrogens (tertiary/aromatic N) is 7. The molecule has 1 unspecified atom stereocenters. The van der Waals surface area contributed by atoms with Crippen LogP contribution < -0.4 is 5.69 Å². The van der Waals surface area contributed by atoms with Gasteiger partial charge in [-0.3, -0.25) is 9.36 Å². The van der Waals surface area contributed by atoms with E-state index in [-0.39, 0.29) is 24.2 Å². The van der Waals surface area contributed by atoms with E-state index in [0.29, 0.717) is 19.6 Å². The van der Waals surface area contributed by atoms with Crippen LogP contribution in [0.15, 0.2) is 17.4 Å². The number of aromatic nitrogens is 6. The van der Waals surface area contributed by atoms with Gasteiger partial charge in [0.2, 0.25) is 5.91 Å². The highest BCUT2D eigenvalue weighted by Gasteiger charge is 2.26. The average molecular weight is 345 g/mol. The summed E-state index contributed by atoms with van der Waals surface area (Å²) in [6.07, 6.45) is 9.09. The molecule has 0 saturated carbocycles. The smallest absolute Gasteiger partial charge is 0.339 e. The van der Waals surface area contributed by atoms with E-state index in [1.165, 1.54) is 11.0 Å². The largest absolute Gasteiger partial charge is 0.346 e. The molecule has 4 heterocycles. The molecule has 1 atom stereocenters. The topological polar surface area (TPSA) is 90.8 Å². The molecule has 2 aromatic heterocycles. The number of carbonyl (C=O) groups excluding carboxylic acids is 1. The molecule has 0 aliphatic carbocycles. The Bertz CT molecular complexity index is 792. The molecule has 1 fully saturated rings. The van der Waals surface area contributed by atoms with Gasteiger partial charge in [-0.1, -0.05) is 6.42 Å². The minimum absolute atomic E-state index is 0.0168. The highest BCUT2D eigenvalue weighted by atomic mass is 16.2. The first-order chi connectivity index (χ1) is 12.2. The lowest BCUT2D eigenvalue weighted by Crippen LogP contribution is -2.43. The number of hydrogen-bond donors (Lipinski definition) is 0. The number of amides is 1. The lowest BCUT2D eigenvalue weighted by Gasteiger charge is -2.32.